The number of rotatable bonds is 5. The number of hydrogen-bond acceptors (Lipinski definition) is 5. The summed E-state index contributed by atoms with van der Waals surface area (Å²) in [5.41, 5.74) is -1.28. The first-order chi connectivity index (χ1) is 17.9. The molecular formula is C26H32F4N4O. The van der Waals surface area contributed by atoms with Crippen LogP contribution in [0.1, 0.15) is 40.9 Å². The Morgan fingerprint density at radius 2 is 1.83 bits per heavy atom. The predicted octanol–water partition coefficient (Wildman–Crippen LogP) is 5.18. The van der Waals surface area contributed by atoms with Crippen molar-refractivity contribution in [3.8, 4) is 11.3 Å². The molecule has 3 heterocycles. The maximum Gasteiger partial charge on any atom is 0.418 e. The number of aromatic nitrogens is 2. The summed E-state index contributed by atoms with van der Waals surface area (Å²) in [5, 5.41) is 7.79. The van der Waals surface area contributed by atoms with E-state index in [0.717, 1.165) is 68.8 Å². The topological polar surface area (TPSA) is 41.5 Å². The van der Waals surface area contributed by atoms with Crippen LogP contribution < -0.4 is 4.90 Å². The molecule has 0 amide bonds. The molecule has 5 rings (SSSR count). The summed E-state index contributed by atoms with van der Waals surface area (Å²) < 4.78 is 86.3. The minimum absolute atomic E-state index is 0.0307. The fourth-order valence-corrected chi connectivity index (χ4v) is 5.97. The molecule has 2 aliphatic heterocycles. The van der Waals surface area contributed by atoms with Crippen molar-refractivity contribution in [2.75, 3.05) is 44.7 Å². The van der Waals surface area contributed by atoms with Crippen LogP contribution in [0, 0.1) is 30.5 Å². The van der Waals surface area contributed by atoms with Gasteiger partial charge in [-0.2, -0.15) is 13.2 Å². The Bertz CT molecular complexity index is 1140. The SMILES string of the molecule is [2H]C([2H])([2H])N(c1cc(C(F)(F)F)c(-c2cc(F)ccc2C)nn1)C1C[C@@H]2CN(CC3CCOCC3)C[C@@H]2C1. The van der Waals surface area contributed by atoms with Crippen LogP contribution in [0.2, 0.25) is 0 Å². The number of nitrogens with zero attached hydrogens (tertiary/aromatic N) is 4. The van der Waals surface area contributed by atoms with Crippen LogP contribution in [0.15, 0.2) is 24.3 Å². The summed E-state index contributed by atoms with van der Waals surface area (Å²) in [4.78, 5) is 3.48. The van der Waals surface area contributed by atoms with Crippen LogP contribution >= 0.6 is 0 Å². The fraction of sp³-hybridized carbons (Fsp3) is 0.615. The number of halogens is 4. The number of anilines is 1. The van der Waals surface area contributed by atoms with Gasteiger partial charge in [-0.15, -0.1) is 10.2 Å². The van der Waals surface area contributed by atoms with Gasteiger partial charge in [-0.3, -0.25) is 0 Å². The quantitative estimate of drug-likeness (QED) is 0.535. The van der Waals surface area contributed by atoms with E-state index in [4.69, 9.17) is 8.85 Å². The highest BCUT2D eigenvalue weighted by Gasteiger charge is 2.43. The van der Waals surface area contributed by atoms with Crippen LogP contribution in [-0.4, -0.2) is 61.0 Å². The smallest absolute Gasteiger partial charge is 0.381 e. The van der Waals surface area contributed by atoms with Gasteiger partial charge in [0, 0.05) is 55.5 Å². The van der Waals surface area contributed by atoms with Crippen molar-refractivity contribution in [1.29, 1.82) is 0 Å². The molecular weight excluding hydrogens is 460 g/mol. The first kappa shape index (κ1) is 20.9. The van der Waals surface area contributed by atoms with Crippen molar-refractivity contribution in [2.45, 2.75) is 44.8 Å². The molecule has 9 heteroatoms. The van der Waals surface area contributed by atoms with Gasteiger partial charge in [-0.05, 0) is 74.1 Å². The van der Waals surface area contributed by atoms with E-state index in [0.29, 0.717) is 24.3 Å². The molecule has 3 fully saturated rings. The Balaban J connectivity index is 1.39. The second-order valence-electron chi connectivity index (χ2n) is 10.2. The predicted molar refractivity (Wildman–Crippen MR) is 126 cm³/mol. The lowest BCUT2D eigenvalue weighted by Gasteiger charge is -2.30. The van der Waals surface area contributed by atoms with Crippen molar-refractivity contribution < 1.29 is 26.4 Å². The van der Waals surface area contributed by atoms with Gasteiger partial charge in [-0.1, -0.05) is 6.07 Å². The summed E-state index contributed by atoms with van der Waals surface area (Å²) in [6, 6.07) is 3.80. The standard InChI is InChI=1S/C26H32F4N4O/c1-16-3-4-20(27)11-22(16)25-23(26(28,29)30)12-24(31-32-25)33(2)21-9-18-14-34(15-19(18)10-21)13-17-5-7-35-8-6-17/h3-4,11-12,17-19,21H,5-10,13-15H2,1-2H3/t18-,19+,21?/i2D3. The third-order valence-corrected chi connectivity index (χ3v) is 7.81. The lowest BCUT2D eigenvalue weighted by Crippen LogP contribution is -2.35. The number of likely N-dealkylation sites (tertiary alicyclic amines) is 1. The van der Waals surface area contributed by atoms with Gasteiger partial charge in [0.15, 0.2) is 5.82 Å². The van der Waals surface area contributed by atoms with Crippen LogP contribution in [0.5, 0.6) is 0 Å². The fourth-order valence-electron chi connectivity index (χ4n) is 5.97. The largest absolute Gasteiger partial charge is 0.418 e. The normalized spacial score (nSPS) is 27.3. The van der Waals surface area contributed by atoms with E-state index in [1.54, 1.807) is 6.92 Å². The van der Waals surface area contributed by atoms with Gasteiger partial charge in [0.1, 0.15) is 11.5 Å². The van der Waals surface area contributed by atoms with E-state index >= 15 is 0 Å². The molecule has 1 saturated carbocycles. The van der Waals surface area contributed by atoms with Crippen LogP contribution in [0.4, 0.5) is 23.4 Å². The van der Waals surface area contributed by atoms with Crippen molar-refractivity contribution >= 4 is 5.82 Å². The first-order valence-electron chi connectivity index (χ1n) is 13.7. The second-order valence-corrected chi connectivity index (χ2v) is 10.2. The maximum atomic E-state index is 14.2. The molecule has 3 aliphatic rings. The zero-order valence-corrected chi connectivity index (χ0v) is 19.7. The average Bonchev–Trinajstić information content (AvgIpc) is 3.38. The first-order valence-corrected chi connectivity index (χ1v) is 12.2. The molecule has 2 aromatic rings. The summed E-state index contributed by atoms with van der Waals surface area (Å²) in [7, 11) is 0. The highest BCUT2D eigenvalue weighted by Crippen LogP contribution is 2.43. The summed E-state index contributed by atoms with van der Waals surface area (Å²) in [6.07, 6.45) is -1.60. The Hall–Kier alpha value is -2.26. The molecule has 2 saturated heterocycles. The molecule has 1 aromatic carbocycles. The van der Waals surface area contributed by atoms with Gasteiger partial charge in [0.25, 0.3) is 0 Å². The minimum Gasteiger partial charge on any atom is -0.381 e. The van der Waals surface area contributed by atoms with Gasteiger partial charge >= 0.3 is 6.18 Å². The molecule has 35 heavy (non-hydrogen) atoms. The number of hydrogen-bond donors (Lipinski definition) is 0. The van der Waals surface area contributed by atoms with Gasteiger partial charge in [0.05, 0.1) is 5.56 Å². The summed E-state index contributed by atoms with van der Waals surface area (Å²) in [5.74, 6) is 0.146. The number of alkyl halides is 3. The molecule has 1 aliphatic carbocycles. The highest BCUT2D eigenvalue weighted by molar-refractivity contribution is 5.68. The number of ether oxygens (including phenoxy) is 1. The van der Waals surface area contributed by atoms with E-state index in [1.807, 2.05) is 0 Å². The Morgan fingerprint density at radius 3 is 2.49 bits per heavy atom. The molecule has 0 spiro atoms. The van der Waals surface area contributed by atoms with Gasteiger partial charge < -0.3 is 14.5 Å². The maximum absolute atomic E-state index is 14.2. The van der Waals surface area contributed by atoms with E-state index in [9.17, 15) is 17.6 Å². The lowest BCUT2D eigenvalue weighted by atomic mass is 10.00. The molecule has 1 unspecified atom stereocenters. The third kappa shape index (κ3) is 5.16. The van der Waals surface area contributed by atoms with Crippen molar-refractivity contribution in [1.82, 2.24) is 15.1 Å². The third-order valence-electron chi connectivity index (χ3n) is 7.81. The van der Waals surface area contributed by atoms with Crippen molar-refractivity contribution in [3.63, 3.8) is 0 Å². The van der Waals surface area contributed by atoms with E-state index in [-0.39, 0.29) is 23.2 Å². The van der Waals surface area contributed by atoms with Gasteiger partial charge in [-0.25, -0.2) is 4.39 Å². The number of benzene rings is 1. The monoisotopic (exact) mass is 495 g/mol. The number of fused-ring (bicyclic) bond motifs is 1. The Morgan fingerprint density at radius 1 is 1.11 bits per heavy atom. The second kappa shape index (κ2) is 9.65. The highest BCUT2D eigenvalue weighted by atomic mass is 19.4. The molecule has 0 radical (unpaired) electrons. The zero-order valence-electron chi connectivity index (χ0n) is 22.7. The molecule has 190 valence electrons. The number of aryl methyl sites for hydroxylation is 1. The minimum atomic E-state index is -4.84. The van der Waals surface area contributed by atoms with E-state index in [2.05, 4.69) is 15.1 Å². The molecule has 0 N–H and O–H groups in total. The summed E-state index contributed by atoms with van der Waals surface area (Å²) in [6.45, 7) is 3.18. The Labute approximate surface area is 207 Å². The molecule has 5 nitrogen and oxygen atoms in total. The molecule has 1 aromatic heterocycles. The van der Waals surface area contributed by atoms with Crippen LogP contribution in [0.25, 0.3) is 11.3 Å². The van der Waals surface area contributed by atoms with Crippen LogP contribution in [-0.2, 0) is 10.9 Å². The molecule has 0 bridgehead atoms. The van der Waals surface area contributed by atoms with Gasteiger partial charge in [0.2, 0.25) is 0 Å². The van der Waals surface area contributed by atoms with Crippen molar-refractivity contribution in [2.24, 2.45) is 17.8 Å². The van der Waals surface area contributed by atoms with Crippen molar-refractivity contribution in [3.05, 3.63) is 41.2 Å². The average molecular weight is 496 g/mol. The molecule has 3 atom stereocenters. The zero-order chi connectivity index (χ0) is 27.2. The van der Waals surface area contributed by atoms with E-state index < -0.39 is 36.3 Å². The van der Waals surface area contributed by atoms with Crippen LogP contribution in [0.3, 0.4) is 0 Å². The van der Waals surface area contributed by atoms with E-state index in [1.165, 1.54) is 6.07 Å². The lowest BCUT2D eigenvalue weighted by molar-refractivity contribution is -0.137. The summed E-state index contributed by atoms with van der Waals surface area (Å²) >= 11 is 0. The Kier molecular flexibility index (Phi) is 5.76.